The SMILES string of the molecule is NCC(O)(O)C(O)c1cccc(C#CC2CCCCC2)c1. The standard InChI is InChI=1S/C17H23NO3/c18-12-17(20,21)16(19)15-8-4-7-14(11-15)10-9-13-5-2-1-3-6-13/h4,7-8,11,13,16,19-21H,1-3,5-6,12,18H2. The molecule has 0 aliphatic heterocycles. The third-order valence-corrected chi connectivity index (χ3v) is 3.97. The number of aliphatic hydroxyl groups is 3. The minimum Gasteiger partial charge on any atom is -0.383 e. The Labute approximate surface area is 125 Å². The van der Waals surface area contributed by atoms with E-state index in [1.54, 1.807) is 18.2 Å². The highest BCUT2D eigenvalue weighted by Crippen LogP contribution is 2.25. The largest absolute Gasteiger partial charge is 0.383 e. The molecule has 0 amide bonds. The van der Waals surface area contributed by atoms with Gasteiger partial charge in [-0.15, -0.1) is 0 Å². The van der Waals surface area contributed by atoms with E-state index in [1.165, 1.54) is 19.3 Å². The summed E-state index contributed by atoms with van der Waals surface area (Å²) in [7, 11) is 0. The van der Waals surface area contributed by atoms with Crippen LogP contribution in [-0.4, -0.2) is 27.7 Å². The zero-order chi connectivity index (χ0) is 15.3. The van der Waals surface area contributed by atoms with Gasteiger partial charge in [0.05, 0.1) is 0 Å². The fourth-order valence-corrected chi connectivity index (χ4v) is 2.60. The molecule has 4 nitrogen and oxygen atoms in total. The van der Waals surface area contributed by atoms with Gasteiger partial charge in [0.25, 0.3) is 0 Å². The summed E-state index contributed by atoms with van der Waals surface area (Å²) in [5.41, 5.74) is 6.42. The van der Waals surface area contributed by atoms with Gasteiger partial charge in [-0.3, -0.25) is 0 Å². The third kappa shape index (κ3) is 4.29. The summed E-state index contributed by atoms with van der Waals surface area (Å²) in [6.45, 7) is -0.438. The number of hydrogen-bond donors (Lipinski definition) is 4. The van der Waals surface area contributed by atoms with Crippen LogP contribution in [0.3, 0.4) is 0 Å². The molecular formula is C17H23NO3. The summed E-state index contributed by atoms with van der Waals surface area (Å²) in [4.78, 5) is 0. The Hall–Kier alpha value is -1.38. The lowest BCUT2D eigenvalue weighted by Gasteiger charge is -2.26. The average Bonchev–Trinajstić information content (AvgIpc) is 2.53. The second-order valence-corrected chi connectivity index (χ2v) is 5.71. The lowest BCUT2D eigenvalue weighted by Crippen LogP contribution is -2.43. The molecule has 2 rings (SSSR count). The summed E-state index contributed by atoms with van der Waals surface area (Å²) in [5, 5.41) is 29.2. The van der Waals surface area contributed by atoms with Gasteiger partial charge in [0.1, 0.15) is 6.10 Å². The van der Waals surface area contributed by atoms with Crippen LogP contribution in [0.2, 0.25) is 0 Å². The first kappa shape index (κ1) is 16.0. The molecule has 1 fully saturated rings. The summed E-state index contributed by atoms with van der Waals surface area (Å²) < 4.78 is 0. The Morgan fingerprint density at radius 1 is 1.24 bits per heavy atom. The Morgan fingerprint density at radius 2 is 1.95 bits per heavy atom. The molecule has 0 saturated heterocycles. The van der Waals surface area contributed by atoms with Crippen LogP contribution in [-0.2, 0) is 0 Å². The highest BCUT2D eigenvalue weighted by atomic mass is 16.5. The molecule has 1 aliphatic rings. The molecule has 0 heterocycles. The first-order valence-electron chi connectivity index (χ1n) is 7.47. The zero-order valence-corrected chi connectivity index (χ0v) is 12.1. The van der Waals surface area contributed by atoms with E-state index in [1.807, 2.05) is 6.07 Å². The Morgan fingerprint density at radius 3 is 2.62 bits per heavy atom. The first-order valence-corrected chi connectivity index (χ1v) is 7.47. The molecule has 1 saturated carbocycles. The summed E-state index contributed by atoms with van der Waals surface area (Å²) in [6, 6.07) is 6.91. The minimum atomic E-state index is -2.32. The van der Waals surface area contributed by atoms with E-state index in [0.29, 0.717) is 11.5 Å². The molecule has 0 radical (unpaired) electrons. The number of hydrogen-bond acceptors (Lipinski definition) is 4. The summed E-state index contributed by atoms with van der Waals surface area (Å²) in [5.74, 6) is 4.53. The van der Waals surface area contributed by atoms with E-state index in [-0.39, 0.29) is 0 Å². The number of aliphatic hydroxyl groups excluding tert-OH is 1. The molecule has 1 aromatic carbocycles. The van der Waals surface area contributed by atoms with Crippen LogP contribution in [0.25, 0.3) is 0 Å². The minimum absolute atomic E-state index is 0.404. The van der Waals surface area contributed by atoms with Crippen molar-refractivity contribution in [2.75, 3.05) is 6.54 Å². The van der Waals surface area contributed by atoms with Gasteiger partial charge in [0, 0.05) is 18.0 Å². The van der Waals surface area contributed by atoms with Crippen LogP contribution in [0.5, 0.6) is 0 Å². The van der Waals surface area contributed by atoms with E-state index in [9.17, 15) is 15.3 Å². The lowest BCUT2D eigenvalue weighted by molar-refractivity contribution is -0.219. The van der Waals surface area contributed by atoms with Crippen molar-refractivity contribution < 1.29 is 15.3 Å². The fraction of sp³-hybridized carbons (Fsp3) is 0.529. The monoisotopic (exact) mass is 289 g/mol. The third-order valence-electron chi connectivity index (χ3n) is 3.97. The van der Waals surface area contributed by atoms with Gasteiger partial charge in [-0.05, 0) is 30.5 Å². The van der Waals surface area contributed by atoms with Crippen LogP contribution < -0.4 is 5.73 Å². The zero-order valence-electron chi connectivity index (χ0n) is 12.1. The predicted molar refractivity (Wildman–Crippen MR) is 81.1 cm³/mol. The second kappa shape index (κ2) is 7.06. The molecule has 1 aliphatic carbocycles. The topological polar surface area (TPSA) is 86.7 Å². The van der Waals surface area contributed by atoms with Gasteiger partial charge in [0.2, 0.25) is 5.79 Å². The number of nitrogens with two attached hydrogens (primary N) is 1. The molecular weight excluding hydrogens is 266 g/mol. The molecule has 1 unspecified atom stereocenters. The van der Waals surface area contributed by atoms with Crippen LogP contribution in [0.1, 0.15) is 49.3 Å². The fourth-order valence-electron chi connectivity index (χ4n) is 2.60. The summed E-state index contributed by atoms with van der Waals surface area (Å²) >= 11 is 0. The van der Waals surface area contributed by atoms with Crippen molar-refractivity contribution in [3.63, 3.8) is 0 Å². The molecule has 0 spiro atoms. The molecule has 0 aromatic heterocycles. The van der Waals surface area contributed by atoms with Crippen molar-refractivity contribution in [3.05, 3.63) is 35.4 Å². The highest BCUT2D eigenvalue weighted by molar-refractivity contribution is 5.38. The average molecular weight is 289 g/mol. The van der Waals surface area contributed by atoms with Gasteiger partial charge in [-0.2, -0.15) is 0 Å². The van der Waals surface area contributed by atoms with Gasteiger partial charge in [0.15, 0.2) is 0 Å². The van der Waals surface area contributed by atoms with Crippen LogP contribution in [0.15, 0.2) is 24.3 Å². The smallest absolute Gasteiger partial charge is 0.206 e. The van der Waals surface area contributed by atoms with E-state index >= 15 is 0 Å². The van der Waals surface area contributed by atoms with Crippen molar-refractivity contribution in [1.82, 2.24) is 0 Å². The molecule has 4 heteroatoms. The molecule has 1 aromatic rings. The van der Waals surface area contributed by atoms with E-state index in [4.69, 9.17) is 5.73 Å². The predicted octanol–water partition coefficient (Wildman–Crippen LogP) is 1.29. The van der Waals surface area contributed by atoms with Gasteiger partial charge < -0.3 is 21.1 Å². The van der Waals surface area contributed by atoms with Crippen LogP contribution in [0.4, 0.5) is 0 Å². The molecule has 114 valence electrons. The van der Waals surface area contributed by atoms with Crippen LogP contribution >= 0.6 is 0 Å². The quantitative estimate of drug-likeness (QED) is 0.499. The van der Waals surface area contributed by atoms with Crippen molar-refractivity contribution >= 4 is 0 Å². The van der Waals surface area contributed by atoms with Gasteiger partial charge in [-0.25, -0.2) is 0 Å². The molecule has 21 heavy (non-hydrogen) atoms. The Bertz CT molecular complexity index is 524. The maximum absolute atomic E-state index is 9.96. The Kier molecular flexibility index (Phi) is 5.38. The normalized spacial score (nSPS) is 17.9. The second-order valence-electron chi connectivity index (χ2n) is 5.71. The van der Waals surface area contributed by atoms with E-state index in [0.717, 1.165) is 18.4 Å². The summed E-state index contributed by atoms with van der Waals surface area (Å²) in [6.07, 6.45) is 4.64. The van der Waals surface area contributed by atoms with Gasteiger partial charge >= 0.3 is 0 Å². The molecule has 5 N–H and O–H groups in total. The van der Waals surface area contributed by atoms with Crippen molar-refractivity contribution in [2.45, 2.75) is 44.0 Å². The van der Waals surface area contributed by atoms with Crippen LogP contribution in [0, 0.1) is 17.8 Å². The first-order chi connectivity index (χ1) is 10.0. The van der Waals surface area contributed by atoms with Crippen molar-refractivity contribution in [1.29, 1.82) is 0 Å². The maximum Gasteiger partial charge on any atom is 0.206 e. The van der Waals surface area contributed by atoms with Crippen molar-refractivity contribution in [2.24, 2.45) is 11.7 Å². The maximum atomic E-state index is 9.96. The van der Waals surface area contributed by atoms with Crippen molar-refractivity contribution in [3.8, 4) is 11.8 Å². The lowest BCUT2D eigenvalue weighted by atomic mass is 9.89. The number of rotatable bonds is 3. The van der Waals surface area contributed by atoms with Gasteiger partial charge in [-0.1, -0.05) is 43.2 Å². The highest BCUT2D eigenvalue weighted by Gasteiger charge is 2.32. The number of benzene rings is 1. The molecule has 1 atom stereocenters. The van der Waals surface area contributed by atoms with E-state index in [2.05, 4.69) is 11.8 Å². The Balaban J connectivity index is 2.12. The molecule has 0 bridgehead atoms. The van der Waals surface area contributed by atoms with E-state index < -0.39 is 18.4 Å².